The summed E-state index contributed by atoms with van der Waals surface area (Å²) in [5, 5.41) is 8.92. The zero-order chi connectivity index (χ0) is 13.3. The van der Waals surface area contributed by atoms with Gasteiger partial charge in [0.05, 0.1) is 6.61 Å². The van der Waals surface area contributed by atoms with E-state index in [1.165, 1.54) is 0 Å². The Kier molecular flexibility index (Phi) is 7.91. The molecule has 0 saturated heterocycles. The number of aliphatic hydroxyl groups excluding tert-OH is 1. The fourth-order valence-corrected chi connectivity index (χ4v) is 1.37. The van der Waals surface area contributed by atoms with Crippen molar-refractivity contribution in [2.45, 2.75) is 45.6 Å². The minimum atomic E-state index is -0.498. The van der Waals surface area contributed by atoms with Crippen LogP contribution in [0, 0.1) is 0 Å². The Morgan fingerprint density at radius 3 is 2.35 bits per heavy atom. The first kappa shape index (κ1) is 16.2. The van der Waals surface area contributed by atoms with Gasteiger partial charge in [-0.25, -0.2) is 4.79 Å². The predicted molar refractivity (Wildman–Crippen MR) is 67.8 cm³/mol. The first-order valence-corrected chi connectivity index (χ1v) is 6.19. The number of unbranched alkanes of at least 4 members (excludes halogenated alkanes) is 2. The third-order valence-corrected chi connectivity index (χ3v) is 2.15. The van der Waals surface area contributed by atoms with E-state index in [-0.39, 0.29) is 12.7 Å². The number of ether oxygens (including phenoxy) is 1. The van der Waals surface area contributed by atoms with Gasteiger partial charge in [0.25, 0.3) is 0 Å². The van der Waals surface area contributed by atoms with Gasteiger partial charge in [0, 0.05) is 13.1 Å². The second-order valence-electron chi connectivity index (χ2n) is 5.04. The number of nitrogens with zero attached hydrogens (tertiary/aromatic N) is 1. The van der Waals surface area contributed by atoms with Crippen LogP contribution in [0.4, 0.5) is 4.79 Å². The largest absolute Gasteiger partial charge is 0.444 e. The first-order chi connectivity index (χ1) is 7.90. The van der Waals surface area contributed by atoms with E-state index in [4.69, 9.17) is 15.6 Å². The molecule has 0 aromatic heterocycles. The molecule has 0 unspecified atom stereocenters. The molecule has 5 heteroatoms. The average molecular weight is 246 g/mol. The summed E-state index contributed by atoms with van der Waals surface area (Å²) in [7, 11) is 0. The SMILES string of the molecule is CC(C)(C)OC(=O)N(CCO)CCCCCN. The van der Waals surface area contributed by atoms with E-state index in [9.17, 15) is 4.79 Å². The lowest BCUT2D eigenvalue weighted by Crippen LogP contribution is -2.39. The van der Waals surface area contributed by atoms with E-state index in [0.29, 0.717) is 19.6 Å². The quantitative estimate of drug-likeness (QED) is 0.665. The molecule has 0 saturated carbocycles. The maximum absolute atomic E-state index is 11.8. The van der Waals surface area contributed by atoms with Crippen LogP contribution in [0.15, 0.2) is 0 Å². The van der Waals surface area contributed by atoms with Crippen LogP contribution in [-0.4, -0.2) is 47.9 Å². The molecule has 5 nitrogen and oxygen atoms in total. The highest BCUT2D eigenvalue weighted by atomic mass is 16.6. The Labute approximate surface area is 104 Å². The molecule has 0 atom stereocenters. The number of hydrogen-bond donors (Lipinski definition) is 2. The van der Waals surface area contributed by atoms with Gasteiger partial charge in [-0.2, -0.15) is 0 Å². The first-order valence-electron chi connectivity index (χ1n) is 6.19. The third kappa shape index (κ3) is 8.94. The lowest BCUT2D eigenvalue weighted by molar-refractivity contribution is 0.0216. The van der Waals surface area contributed by atoms with Crippen LogP contribution in [0.5, 0.6) is 0 Å². The number of amides is 1. The van der Waals surface area contributed by atoms with Gasteiger partial charge in [0.1, 0.15) is 5.60 Å². The Hall–Kier alpha value is -0.810. The predicted octanol–water partition coefficient (Wildman–Crippen LogP) is 1.34. The van der Waals surface area contributed by atoms with Crippen molar-refractivity contribution in [3.63, 3.8) is 0 Å². The highest BCUT2D eigenvalue weighted by Gasteiger charge is 2.21. The van der Waals surface area contributed by atoms with Crippen LogP contribution >= 0.6 is 0 Å². The van der Waals surface area contributed by atoms with Crippen molar-refractivity contribution in [2.75, 3.05) is 26.2 Å². The van der Waals surface area contributed by atoms with Crippen molar-refractivity contribution >= 4 is 6.09 Å². The van der Waals surface area contributed by atoms with Crippen molar-refractivity contribution < 1.29 is 14.6 Å². The number of rotatable bonds is 7. The molecule has 0 rings (SSSR count). The van der Waals surface area contributed by atoms with Gasteiger partial charge in [-0.1, -0.05) is 6.42 Å². The van der Waals surface area contributed by atoms with Gasteiger partial charge in [-0.3, -0.25) is 0 Å². The van der Waals surface area contributed by atoms with Gasteiger partial charge in [-0.05, 0) is 40.2 Å². The molecule has 1 amide bonds. The van der Waals surface area contributed by atoms with E-state index < -0.39 is 5.60 Å². The summed E-state index contributed by atoms with van der Waals surface area (Å²) in [4.78, 5) is 13.3. The fourth-order valence-electron chi connectivity index (χ4n) is 1.37. The van der Waals surface area contributed by atoms with Crippen molar-refractivity contribution in [3.05, 3.63) is 0 Å². The van der Waals surface area contributed by atoms with E-state index >= 15 is 0 Å². The highest BCUT2D eigenvalue weighted by Crippen LogP contribution is 2.10. The lowest BCUT2D eigenvalue weighted by atomic mass is 10.2. The molecular weight excluding hydrogens is 220 g/mol. The maximum atomic E-state index is 11.8. The van der Waals surface area contributed by atoms with Crippen molar-refractivity contribution in [3.8, 4) is 0 Å². The molecule has 0 aliphatic heterocycles. The van der Waals surface area contributed by atoms with Gasteiger partial charge in [0.15, 0.2) is 0 Å². The van der Waals surface area contributed by atoms with E-state index in [1.54, 1.807) is 4.90 Å². The van der Waals surface area contributed by atoms with Crippen LogP contribution in [0.1, 0.15) is 40.0 Å². The zero-order valence-corrected chi connectivity index (χ0v) is 11.2. The summed E-state index contributed by atoms with van der Waals surface area (Å²) in [6, 6.07) is 0. The Bertz CT molecular complexity index is 214. The molecule has 0 aliphatic rings. The Balaban J connectivity index is 4.07. The maximum Gasteiger partial charge on any atom is 0.410 e. The highest BCUT2D eigenvalue weighted by molar-refractivity contribution is 5.68. The average Bonchev–Trinajstić information content (AvgIpc) is 2.20. The second kappa shape index (κ2) is 8.31. The molecular formula is C12H26N2O3. The smallest absolute Gasteiger partial charge is 0.410 e. The minimum absolute atomic E-state index is 0.0455. The fraction of sp³-hybridized carbons (Fsp3) is 0.917. The molecule has 0 fully saturated rings. The van der Waals surface area contributed by atoms with Crippen LogP contribution in [0.2, 0.25) is 0 Å². The second-order valence-corrected chi connectivity index (χ2v) is 5.04. The molecule has 3 N–H and O–H groups in total. The zero-order valence-electron chi connectivity index (χ0n) is 11.2. The minimum Gasteiger partial charge on any atom is -0.444 e. The molecule has 0 bridgehead atoms. The summed E-state index contributed by atoms with van der Waals surface area (Å²) in [5.74, 6) is 0. The van der Waals surface area contributed by atoms with Crippen LogP contribution in [-0.2, 0) is 4.74 Å². The standard InChI is InChI=1S/C12H26N2O3/c1-12(2,3)17-11(16)14(9-10-15)8-6-4-5-7-13/h15H,4-10,13H2,1-3H3. The normalized spacial score (nSPS) is 11.4. The van der Waals surface area contributed by atoms with Crippen molar-refractivity contribution in [1.82, 2.24) is 4.90 Å². The van der Waals surface area contributed by atoms with Gasteiger partial charge in [-0.15, -0.1) is 0 Å². The van der Waals surface area contributed by atoms with Crippen LogP contribution < -0.4 is 5.73 Å². The summed E-state index contributed by atoms with van der Waals surface area (Å²) in [5.41, 5.74) is 4.90. The van der Waals surface area contributed by atoms with E-state index in [2.05, 4.69) is 0 Å². The van der Waals surface area contributed by atoms with Crippen LogP contribution in [0.3, 0.4) is 0 Å². The molecule has 0 aromatic carbocycles. The summed E-state index contributed by atoms with van der Waals surface area (Å²) < 4.78 is 5.26. The van der Waals surface area contributed by atoms with Crippen molar-refractivity contribution in [1.29, 1.82) is 0 Å². The Morgan fingerprint density at radius 2 is 1.88 bits per heavy atom. The summed E-state index contributed by atoms with van der Waals surface area (Å²) in [6.07, 6.45) is 2.47. The number of hydrogen-bond acceptors (Lipinski definition) is 4. The Morgan fingerprint density at radius 1 is 1.24 bits per heavy atom. The van der Waals surface area contributed by atoms with Gasteiger partial charge < -0.3 is 20.5 Å². The molecule has 0 heterocycles. The number of carbonyl (C=O) groups is 1. The molecule has 0 aliphatic carbocycles. The van der Waals surface area contributed by atoms with Gasteiger partial charge >= 0.3 is 6.09 Å². The molecule has 0 radical (unpaired) electrons. The van der Waals surface area contributed by atoms with Gasteiger partial charge in [0.2, 0.25) is 0 Å². The van der Waals surface area contributed by atoms with Crippen LogP contribution in [0.25, 0.3) is 0 Å². The summed E-state index contributed by atoms with van der Waals surface area (Å²) >= 11 is 0. The molecule has 0 spiro atoms. The molecule has 102 valence electrons. The third-order valence-electron chi connectivity index (χ3n) is 2.15. The van der Waals surface area contributed by atoms with E-state index in [0.717, 1.165) is 19.3 Å². The summed E-state index contributed by atoms with van der Waals surface area (Å²) in [6.45, 7) is 7.04. The number of aliphatic hydroxyl groups is 1. The van der Waals surface area contributed by atoms with E-state index in [1.807, 2.05) is 20.8 Å². The topological polar surface area (TPSA) is 75.8 Å². The monoisotopic (exact) mass is 246 g/mol. The number of carbonyl (C=O) groups excluding carboxylic acids is 1. The lowest BCUT2D eigenvalue weighted by Gasteiger charge is -2.27. The molecule has 0 aromatic rings. The van der Waals surface area contributed by atoms with Crippen molar-refractivity contribution in [2.24, 2.45) is 5.73 Å². The number of nitrogens with two attached hydrogens (primary N) is 1. The molecule has 17 heavy (non-hydrogen) atoms.